The number of para-hydroxylation sites is 1. The van der Waals surface area contributed by atoms with Gasteiger partial charge < -0.3 is 9.52 Å². The van der Waals surface area contributed by atoms with Gasteiger partial charge in [0.25, 0.3) is 0 Å². The first kappa shape index (κ1) is 12.5. The molecule has 3 rings (SSSR count). The van der Waals surface area contributed by atoms with Gasteiger partial charge in [-0.1, -0.05) is 18.2 Å². The van der Waals surface area contributed by atoms with Crippen LogP contribution in [0.25, 0.3) is 0 Å². The van der Waals surface area contributed by atoms with E-state index in [9.17, 15) is 9.90 Å². The first-order chi connectivity index (χ1) is 9.66. The van der Waals surface area contributed by atoms with E-state index in [0.717, 1.165) is 0 Å². The third-order valence-corrected chi connectivity index (χ3v) is 3.33. The van der Waals surface area contributed by atoms with Crippen molar-refractivity contribution < 1.29 is 14.3 Å². The molecule has 0 fully saturated rings. The van der Waals surface area contributed by atoms with Gasteiger partial charge in [0.05, 0.1) is 12.3 Å². The number of furan rings is 1. The molecule has 5 heteroatoms. The third-order valence-electron chi connectivity index (χ3n) is 3.33. The monoisotopic (exact) mass is 270 g/mol. The number of hydrazone groups is 1. The van der Waals surface area contributed by atoms with Gasteiger partial charge >= 0.3 is 0 Å². The fraction of sp³-hybridized carbons (Fsp3) is 0.200. The fourth-order valence-electron chi connectivity index (χ4n) is 2.40. The molecule has 0 saturated heterocycles. The molecule has 1 aliphatic rings. The van der Waals surface area contributed by atoms with Crippen molar-refractivity contribution in [2.75, 3.05) is 0 Å². The number of phenols is 1. The number of rotatable bonds is 2. The average molecular weight is 270 g/mol. The summed E-state index contributed by atoms with van der Waals surface area (Å²) in [4.78, 5) is 11.8. The normalized spacial score (nSPS) is 18.1. The van der Waals surface area contributed by atoms with Gasteiger partial charge in [0.15, 0.2) is 0 Å². The van der Waals surface area contributed by atoms with E-state index in [1.807, 2.05) is 12.1 Å². The topological polar surface area (TPSA) is 66.0 Å². The lowest BCUT2D eigenvalue weighted by Gasteiger charge is -2.21. The summed E-state index contributed by atoms with van der Waals surface area (Å²) in [6.45, 7) is 1.46. The summed E-state index contributed by atoms with van der Waals surface area (Å²) in [6.07, 6.45) is 2.09. The van der Waals surface area contributed by atoms with E-state index in [-0.39, 0.29) is 17.7 Å². The zero-order chi connectivity index (χ0) is 14.1. The number of amides is 1. The second-order valence-corrected chi connectivity index (χ2v) is 4.67. The molecule has 1 aliphatic heterocycles. The molecule has 2 aromatic rings. The Hall–Kier alpha value is -2.56. The third kappa shape index (κ3) is 2.07. The van der Waals surface area contributed by atoms with Gasteiger partial charge in [-0.15, -0.1) is 0 Å². The van der Waals surface area contributed by atoms with Crippen LogP contribution in [0.5, 0.6) is 5.75 Å². The zero-order valence-corrected chi connectivity index (χ0v) is 11.0. The van der Waals surface area contributed by atoms with Crippen molar-refractivity contribution in [2.24, 2.45) is 5.10 Å². The van der Waals surface area contributed by atoms with Crippen molar-refractivity contribution in [2.45, 2.75) is 19.4 Å². The highest BCUT2D eigenvalue weighted by Crippen LogP contribution is 2.36. The highest BCUT2D eigenvalue weighted by molar-refractivity contribution is 6.01. The Morgan fingerprint density at radius 2 is 2.15 bits per heavy atom. The molecule has 1 N–H and O–H groups in total. The lowest BCUT2D eigenvalue weighted by molar-refractivity contribution is -0.130. The van der Waals surface area contributed by atoms with Crippen LogP contribution in [0.1, 0.15) is 30.7 Å². The summed E-state index contributed by atoms with van der Waals surface area (Å²) in [5.74, 6) is 0.647. The molecule has 1 amide bonds. The van der Waals surface area contributed by atoms with Gasteiger partial charge in [-0.05, 0) is 18.2 Å². The smallest absolute Gasteiger partial charge is 0.240 e. The van der Waals surface area contributed by atoms with Gasteiger partial charge in [-0.2, -0.15) is 5.10 Å². The summed E-state index contributed by atoms with van der Waals surface area (Å²) in [5.41, 5.74) is 1.39. The molecule has 0 saturated carbocycles. The van der Waals surface area contributed by atoms with Crippen LogP contribution in [-0.2, 0) is 4.79 Å². The van der Waals surface area contributed by atoms with Crippen LogP contribution in [0.15, 0.2) is 52.2 Å². The molecule has 0 radical (unpaired) electrons. The van der Waals surface area contributed by atoms with Crippen molar-refractivity contribution in [1.82, 2.24) is 5.01 Å². The fourth-order valence-corrected chi connectivity index (χ4v) is 2.40. The molecular weight excluding hydrogens is 256 g/mol. The van der Waals surface area contributed by atoms with Gasteiger partial charge in [-0.3, -0.25) is 4.79 Å². The van der Waals surface area contributed by atoms with Crippen LogP contribution in [0.4, 0.5) is 0 Å². The Kier molecular flexibility index (Phi) is 3.02. The van der Waals surface area contributed by atoms with E-state index in [4.69, 9.17) is 4.42 Å². The Bertz CT molecular complexity index is 662. The van der Waals surface area contributed by atoms with Crippen LogP contribution in [0.3, 0.4) is 0 Å². The van der Waals surface area contributed by atoms with E-state index in [2.05, 4.69) is 5.10 Å². The number of hydrogen-bond acceptors (Lipinski definition) is 4. The molecule has 20 heavy (non-hydrogen) atoms. The number of benzene rings is 1. The lowest BCUT2D eigenvalue weighted by atomic mass is 10.00. The largest absolute Gasteiger partial charge is 0.508 e. The zero-order valence-electron chi connectivity index (χ0n) is 11.0. The first-order valence-electron chi connectivity index (χ1n) is 6.36. The number of aromatic hydroxyl groups is 1. The minimum atomic E-state index is -0.297. The van der Waals surface area contributed by atoms with E-state index >= 15 is 0 Å². The molecule has 5 nitrogen and oxygen atoms in total. The van der Waals surface area contributed by atoms with Crippen LogP contribution in [0, 0.1) is 0 Å². The summed E-state index contributed by atoms with van der Waals surface area (Å²) in [6, 6.07) is 10.3. The van der Waals surface area contributed by atoms with Crippen LogP contribution < -0.4 is 0 Å². The number of carbonyl (C=O) groups excluding carboxylic acids is 1. The Balaban J connectivity index is 1.98. The number of nitrogens with zero attached hydrogens (tertiary/aromatic N) is 2. The highest BCUT2D eigenvalue weighted by atomic mass is 16.3. The Morgan fingerprint density at radius 1 is 1.35 bits per heavy atom. The van der Waals surface area contributed by atoms with Crippen molar-refractivity contribution >= 4 is 11.6 Å². The maximum atomic E-state index is 11.8. The predicted molar refractivity (Wildman–Crippen MR) is 73.2 cm³/mol. The van der Waals surface area contributed by atoms with Crippen LogP contribution in [-0.4, -0.2) is 21.7 Å². The molecule has 0 unspecified atom stereocenters. The quantitative estimate of drug-likeness (QED) is 0.912. The number of carbonyl (C=O) groups is 1. The predicted octanol–water partition coefficient (Wildman–Crippen LogP) is 2.68. The van der Waals surface area contributed by atoms with Crippen molar-refractivity contribution in [3.8, 4) is 5.75 Å². The van der Waals surface area contributed by atoms with E-state index < -0.39 is 0 Å². The molecule has 2 heterocycles. The van der Waals surface area contributed by atoms with Crippen molar-refractivity contribution in [1.29, 1.82) is 0 Å². The Morgan fingerprint density at radius 3 is 2.80 bits per heavy atom. The molecule has 1 aromatic carbocycles. The molecule has 1 atom stereocenters. The van der Waals surface area contributed by atoms with E-state index in [1.165, 1.54) is 11.9 Å². The second kappa shape index (κ2) is 4.85. The lowest BCUT2D eigenvalue weighted by Crippen LogP contribution is -2.24. The SMILES string of the molecule is CC(=O)N1N=C(c2ccco2)C[C@H]1c1ccccc1O. The molecule has 1 aromatic heterocycles. The summed E-state index contributed by atoms with van der Waals surface area (Å²) in [5, 5.41) is 15.7. The second-order valence-electron chi connectivity index (χ2n) is 4.67. The van der Waals surface area contributed by atoms with Crippen LogP contribution >= 0.6 is 0 Å². The van der Waals surface area contributed by atoms with Gasteiger partial charge in [0.1, 0.15) is 17.2 Å². The molecule has 0 spiro atoms. The molecule has 102 valence electrons. The molecule has 0 aliphatic carbocycles. The van der Waals surface area contributed by atoms with Gasteiger partial charge in [-0.25, -0.2) is 5.01 Å². The highest BCUT2D eigenvalue weighted by Gasteiger charge is 2.33. The summed E-state index contributed by atoms with van der Waals surface area (Å²) in [7, 11) is 0. The maximum absolute atomic E-state index is 11.8. The van der Waals surface area contributed by atoms with Crippen molar-refractivity contribution in [3.05, 3.63) is 54.0 Å². The van der Waals surface area contributed by atoms with Crippen molar-refractivity contribution in [3.63, 3.8) is 0 Å². The maximum Gasteiger partial charge on any atom is 0.240 e. The first-order valence-corrected chi connectivity index (χ1v) is 6.36. The molecule has 0 bridgehead atoms. The summed E-state index contributed by atoms with van der Waals surface area (Å²) >= 11 is 0. The minimum absolute atomic E-state index is 0.166. The van der Waals surface area contributed by atoms with Crippen LogP contribution in [0.2, 0.25) is 0 Å². The van der Waals surface area contributed by atoms with E-state index in [0.29, 0.717) is 23.5 Å². The average Bonchev–Trinajstić information content (AvgIpc) is 3.08. The van der Waals surface area contributed by atoms with Gasteiger partial charge in [0, 0.05) is 18.9 Å². The Labute approximate surface area is 116 Å². The number of phenolic OH excluding ortho intramolecular Hbond substituents is 1. The number of hydrogen-bond donors (Lipinski definition) is 1. The molecular formula is C15H14N2O3. The van der Waals surface area contributed by atoms with Gasteiger partial charge in [0.2, 0.25) is 5.91 Å². The summed E-state index contributed by atoms with van der Waals surface area (Å²) < 4.78 is 5.33. The standard InChI is InChI=1S/C15H14N2O3/c1-10(18)17-13(11-5-2-3-6-14(11)19)9-12(16-17)15-7-4-8-20-15/h2-8,13,19H,9H2,1H3/t13-/m0/s1. The minimum Gasteiger partial charge on any atom is -0.508 e. The van der Waals surface area contributed by atoms with E-state index in [1.54, 1.807) is 30.5 Å².